The van der Waals surface area contributed by atoms with Crippen molar-refractivity contribution in [1.82, 2.24) is 4.98 Å². The highest BCUT2D eigenvalue weighted by molar-refractivity contribution is 9.10. The first kappa shape index (κ1) is 19.0. The number of hydrogen-bond acceptors (Lipinski definition) is 4. The van der Waals surface area contributed by atoms with Crippen molar-refractivity contribution in [2.24, 2.45) is 0 Å². The van der Waals surface area contributed by atoms with Crippen LogP contribution in [0.25, 0.3) is 11.3 Å². The first-order chi connectivity index (χ1) is 12.5. The molecule has 3 aromatic rings. The Labute approximate surface area is 172 Å². The summed E-state index contributed by atoms with van der Waals surface area (Å²) in [5.74, 6) is 0.739. The zero-order valence-electron chi connectivity index (χ0n) is 13.3. The van der Waals surface area contributed by atoms with E-state index in [9.17, 15) is 4.79 Å². The van der Waals surface area contributed by atoms with Gasteiger partial charge in [-0.05, 0) is 52.3 Å². The molecule has 134 valence electrons. The number of anilines is 2. The monoisotopic (exact) mass is 471 g/mol. The molecule has 0 atom stereocenters. The van der Waals surface area contributed by atoms with E-state index < -0.39 is 6.03 Å². The highest BCUT2D eigenvalue weighted by Crippen LogP contribution is 2.32. The fourth-order valence-corrected chi connectivity index (χ4v) is 3.68. The number of halogens is 3. The largest absolute Gasteiger partial charge is 0.496 e. The molecular formula is C17H12BrCl2N3O2S. The number of nitrogens with one attached hydrogen (secondary N) is 2. The van der Waals surface area contributed by atoms with E-state index in [-0.39, 0.29) is 0 Å². The predicted octanol–water partition coefficient (Wildman–Crippen LogP) is 6.53. The Balaban J connectivity index is 1.68. The second kappa shape index (κ2) is 8.26. The van der Waals surface area contributed by atoms with Gasteiger partial charge in [-0.3, -0.25) is 5.32 Å². The Morgan fingerprint density at radius 1 is 1.15 bits per heavy atom. The van der Waals surface area contributed by atoms with E-state index >= 15 is 0 Å². The van der Waals surface area contributed by atoms with Gasteiger partial charge in [0.2, 0.25) is 0 Å². The van der Waals surface area contributed by atoms with Gasteiger partial charge < -0.3 is 10.1 Å². The van der Waals surface area contributed by atoms with Gasteiger partial charge in [-0.25, -0.2) is 9.78 Å². The standard InChI is InChI=1S/C17H12BrCl2N3O2S/c1-25-15-5-2-9(6-11(15)18)14-8-26-17(22-14)23-16(24)21-10-3-4-12(19)13(20)7-10/h2-8H,1H3,(H2,21,22,23,24). The van der Waals surface area contributed by atoms with Gasteiger partial charge in [0.05, 0.1) is 27.3 Å². The van der Waals surface area contributed by atoms with Crippen molar-refractivity contribution >= 4 is 67.3 Å². The minimum atomic E-state index is -0.416. The van der Waals surface area contributed by atoms with Crippen LogP contribution in [-0.2, 0) is 0 Å². The quantitative estimate of drug-likeness (QED) is 0.453. The molecule has 0 saturated carbocycles. The average Bonchev–Trinajstić information content (AvgIpc) is 3.06. The Bertz CT molecular complexity index is 965. The summed E-state index contributed by atoms with van der Waals surface area (Å²) in [5, 5.41) is 8.51. The summed E-state index contributed by atoms with van der Waals surface area (Å²) in [6.45, 7) is 0. The number of benzene rings is 2. The van der Waals surface area contributed by atoms with Gasteiger partial charge in [-0.15, -0.1) is 11.3 Å². The van der Waals surface area contributed by atoms with Crippen LogP contribution in [0, 0.1) is 0 Å². The lowest BCUT2D eigenvalue weighted by Crippen LogP contribution is -2.19. The van der Waals surface area contributed by atoms with Crippen molar-refractivity contribution in [1.29, 1.82) is 0 Å². The van der Waals surface area contributed by atoms with Crippen molar-refractivity contribution in [3.05, 3.63) is 56.3 Å². The Kier molecular flexibility index (Phi) is 6.03. The number of amides is 2. The van der Waals surface area contributed by atoms with Crippen LogP contribution in [0.1, 0.15) is 0 Å². The number of ether oxygens (including phenoxy) is 1. The van der Waals surface area contributed by atoms with Crippen LogP contribution in [0.4, 0.5) is 15.6 Å². The third-order valence-electron chi connectivity index (χ3n) is 3.35. The number of nitrogens with zero attached hydrogens (tertiary/aromatic N) is 1. The Hall–Kier alpha value is -1.80. The molecule has 1 aromatic heterocycles. The number of thiazole rings is 1. The van der Waals surface area contributed by atoms with Gasteiger partial charge in [-0.2, -0.15) is 0 Å². The first-order valence-corrected chi connectivity index (χ1v) is 9.71. The molecule has 1 heterocycles. The summed E-state index contributed by atoms with van der Waals surface area (Å²) in [7, 11) is 1.61. The molecule has 0 spiro atoms. The van der Waals surface area contributed by atoms with Gasteiger partial charge >= 0.3 is 6.03 Å². The van der Waals surface area contributed by atoms with E-state index in [4.69, 9.17) is 27.9 Å². The van der Waals surface area contributed by atoms with Crippen molar-refractivity contribution in [2.45, 2.75) is 0 Å². The SMILES string of the molecule is COc1ccc(-c2csc(NC(=O)Nc3ccc(Cl)c(Cl)c3)n2)cc1Br. The number of hydrogen-bond donors (Lipinski definition) is 2. The number of rotatable bonds is 4. The molecule has 0 aliphatic heterocycles. The van der Waals surface area contributed by atoms with Crippen LogP contribution < -0.4 is 15.4 Å². The molecular weight excluding hydrogens is 461 g/mol. The van der Waals surface area contributed by atoms with Crippen LogP contribution in [0.2, 0.25) is 10.0 Å². The average molecular weight is 473 g/mol. The third kappa shape index (κ3) is 4.48. The first-order valence-electron chi connectivity index (χ1n) is 7.29. The Morgan fingerprint density at radius 3 is 2.65 bits per heavy atom. The summed E-state index contributed by atoms with van der Waals surface area (Å²) in [6, 6.07) is 10.1. The van der Waals surface area contributed by atoms with E-state index in [0.29, 0.717) is 20.9 Å². The summed E-state index contributed by atoms with van der Waals surface area (Å²) in [5.41, 5.74) is 2.20. The van der Waals surface area contributed by atoms with Crippen molar-refractivity contribution in [3.63, 3.8) is 0 Å². The zero-order valence-corrected chi connectivity index (χ0v) is 17.3. The topological polar surface area (TPSA) is 63.2 Å². The van der Waals surface area contributed by atoms with E-state index in [1.165, 1.54) is 11.3 Å². The molecule has 3 rings (SSSR count). The van der Waals surface area contributed by atoms with Gasteiger partial charge in [0, 0.05) is 16.6 Å². The molecule has 5 nitrogen and oxygen atoms in total. The lowest BCUT2D eigenvalue weighted by atomic mass is 10.2. The number of urea groups is 1. The number of aromatic nitrogens is 1. The summed E-state index contributed by atoms with van der Waals surface area (Å²) < 4.78 is 6.05. The van der Waals surface area contributed by atoms with E-state index in [1.54, 1.807) is 25.3 Å². The molecule has 0 unspecified atom stereocenters. The number of carbonyl (C=O) groups excluding carboxylic acids is 1. The van der Waals surface area contributed by atoms with Crippen LogP contribution in [-0.4, -0.2) is 18.1 Å². The fourth-order valence-electron chi connectivity index (χ4n) is 2.12. The summed E-state index contributed by atoms with van der Waals surface area (Å²) in [4.78, 5) is 16.5. The third-order valence-corrected chi connectivity index (χ3v) is 5.47. The van der Waals surface area contributed by atoms with Crippen LogP contribution >= 0.6 is 50.5 Å². The maximum atomic E-state index is 12.1. The molecule has 0 aliphatic carbocycles. The second-order valence-electron chi connectivity index (χ2n) is 5.10. The predicted molar refractivity (Wildman–Crippen MR) is 111 cm³/mol. The minimum Gasteiger partial charge on any atom is -0.496 e. The molecule has 9 heteroatoms. The number of methoxy groups -OCH3 is 1. The lowest BCUT2D eigenvalue weighted by Gasteiger charge is -2.06. The van der Waals surface area contributed by atoms with Gasteiger partial charge in [0.1, 0.15) is 5.75 Å². The molecule has 26 heavy (non-hydrogen) atoms. The second-order valence-corrected chi connectivity index (χ2v) is 7.62. The zero-order chi connectivity index (χ0) is 18.7. The van der Waals surface area contributed by atoms with Gasteiger partial charge in [0.25, 0.3) is 0 Å². The molecule has 0 saturated heterocycles. The molecule has 2 amide bonds. The van der Waals surface area contributed by atoms with Crippen molar-refractivity contribution in [2.75, 3.05) is 17.7 Å². The highest BCUT2D eigenvalue weighted by Gasteiger charge is 2.10. The molecule has 2 aromatic carbocycles. The minimum absolute atomic E-state index is 0.367. The van der Waals surface area contributed by atoms with Crippen LogP contribution in [0.3, 0.4) is 0 Å². The maximum absolute atomic E-state index is 12.1. The fraction of sp³-hybridized carbons (Fsp3) is 0.0588. The normalized spacial score (nSPS) is 10.5. The smallest absolute Gasteiger partial charge is 0.325 e. The van der Waals surface area contributed by atoms with Gasteiger partial charge in [0.15, 0.2) is 5.13 Å². The van der Waals surface area contributed by atoms with E-state index in [0.717, 1.165) is 21.5 Å². The maximum Gasteiger partial charge on any atom is 0.325 e. The van der Waals surface area contributed by atoms with Crippen LogP contribution in [0.5, 0.6) is 5.75 Å². The molecule has 0 fully saturated rings. The molecule has 0 aliphatic rings. The van der Waals surface area contributed by atoms with Gasteiger partial charge in [-0.1, -0.05) is 23.2 Å². The molecule has 0 bridgehead atoms. The summed E-state index contributed by atoms with van der Waals surface area (Å²) in [6.07, 6.45) is 0. The number of carbonyl (C=O) groups is 1. The lowest BCUT2D eigenvalue weighted by molar-refractivity contribution is 0.262. The molecule has 2 N–H and O–H groups in total. The van der Waals surface area contributed by atoms with E-state index in [2.05, 4.69) is 31.5 Å². The van der Waals surface area contributed by atoms with Crippen molar-refractivity contribution in [3.8, 4) is 17.0 Å². The van der Waals surface area contributed by atoms with Crippen molar-refractivity contribution < 1.29 is 9.53 Å². The summed E-state index contributed by atoms with van der Waals surface area (Å²) >= 11 is 16.6. The Morgan fingerprint density at radius 2 is 1.96 bits per heavy atom. The molecule has 0 radical (unpaired) electrons. The van der Waals surface area contributed by atoms with Crippen LogP contribution in [0.15, 0.2) is 46.3 Å². The highest BCUT2D eigenvalue weighted by atomic mass is 79.9. The van der Waals surface area contributed by atoms with E-state index in [1.807, 2.05) is 23.6 Å².